The highest BCUT2D eigenvalue weighted by Crippen LogP contribution is 2.56. The van der Waals surface area contributed by atoms with Crippen molar-refractivity contribution in [2.45, 2.75) is 64.9 Å². The van der Waals surface area contributed by atoms with Crippen molar-refractivity contribution in [1.29, 1.82) is 0 Å². The third-order valence-corrected chi connectivity index (χ3v) is 8.07. The predicted molar refractivity (Wildman–Crippen MR) is 155 cm³/mol. The van der Waals surface area contributed by atoms with Gasteiger partial charge in [-0.05, 0) is 90.4 Å². The molecule has 0 amide bonds. The van der Waals surface area contributed by atoms with Gasteiger partial charge in [-0.25, -0.2) is 0 Å². The summed E-state index contributed by atoms with van der Waals surface area (Å²) in [5.74, 6) is 2.32. The van der Waals surface area contributed by atoms with Gasteiger partial charge < -0.3 is 14.6 Å². The van der Waals surface area contributed by atoms with E-state index in [1.54, 1.807) is 12.1 Å². The Bertz CT molecular complexity index is 1520. The number of benzene rings is 3. The van der Waals surface area contributed by atoms with Crippen LogP contribution in [0.15, 0.2) is 95.5 Å². The first-order chi connectivity index (χ1) is 18.9. The molecule has 2 unspecified atom stereocenters. The molecule has 2 aliphatic carbocycles. The Balaban J connectivity index is 1.18. The topological polar surface area (TPSA) is 55.8 Å². The van der Waals surface area contributed by atoms with Crippen LogP contribution in [0.1, 0.15) is 63.0 Å². The molecule has 0 radical (unpaired) electrons. The first kappa shape index (κ1) is 25.2. The van der Waals surface area contributed by atoms with E-state index in [1.165, 1.54) is 22.3 Å². The minimum Gasteiger partial charge on any atom is -0.508 e. The summed E-state index contributed by atoms with van der Waals surface area (Å²) in [5.41, 5.74) is 10.1. The highest BCUT2D eigenvalue weighted by atomic mass is 16.7. The lowest BCUT2D eigenvalue weighted by Crippen LogP contribution is -2.21. The number of Topliss-reactive ketones (excluding diaryl/α,β-unsaturated/α-hetero) is 1. The second-order valence-electron chi connectivity index (χ2n) is 10.9. The van der Waals surface area contributed by atoms with Gasteiger partial charge in [0.25, 0.3) is 5.95 Å². The van der Waals surface area contributed by atoms with Gasteiger partial charge in [-0.1, -0.05) is 55.8 Å². The number of phenols is 1. The van der Waals surface area contributed by atoms with Crippen LogP contribution in [0.4, 0.5) is 0 Å². The molecule has 0 saturated heterocycles. The monoisotopic (exact) mass is 518 g/mol. The number of aromatic hydroxyl groups is 1. The number of unbranched alkanes of at least 4 members (excludes halogenated alkanes) is 1. The van der Waals surface area contributed by atoms with Crippen molar-refractivity contribution in [1.82, 2.24) is 0 Å². The lowest BCUT2D eigenvalue weighted by atomic mass is 9.91. The molecule has 0 bridgehead atoms. The summed E-state index contributed by atoms with van der Waals surface area (Å²) in [5, 5.41) is 9.57. The number of fused-ring (bicyclic) bond motifs is 3. The van der Waals surface area contributed by atoms with E-state index in [9.17, 15) is 9.90 Å². The summed E-state index contributed by atoms with van der Waals surface area (Å²) < 4.78 is 12.7. The van der Waals surface area contributed by atoms with Gasteiger partial charge in [-0.15, -0.1) is 0 Å². The van der Waals surface area contributed by atoms with Crippen molar-refractivity contribution in [2.24, 2.45) is 0 Å². The summed E-state index contributed by atoms with van der Waals surface area (Å²) in [6.07, 6.45) is 7.96. The van der Waals surface area contributed by atoms with Crippen molar-refractivity contribution >= 4 is 5.78 Å². The van der Waals surface area contributed by atoms with E-state index in [-0.39, 0.29) is 17.6 Å². The zero-order chi connectivity index (χ0) is 27.1. The number of hydrogen-bond donors (Lipinski definition) is 1. The lowest BCUT2D eigenvalue weighted by molar-refractivity contribution is -0.116. The van der Waals surface area contributed by atoms with Gasteiger partial charge in [0.1, 0.15) is 17.6 Å². The van der Waals surface area contributed by atoms with Crippen LogP contribution in [0.3, 0.4) is 0 Å². The molecule has 2 atom stereocenters. The molecule has 1 fully saturated rings. The summed E-state index contributed by atoms with van der Waals surface area (Å²) in [7, 11) is 0. The molecule has 4 heteroatoms. The van der Waals surface area contributed by atoms with Gasteiger partial charge in [-0.2, -0.15) is 0 Å². The summed E-state index contributed by atoms with van der Waals surface area (Å²) in [6, 6.07) is 20.2. The van der Waals surface area contributed by atoms with Crippen LogP contribution in [0, 0.1) is 6.92 Å². The Morgan fingerprint density at radius 2 is 1.67 bits per heavy atom. The maximum absolute atomic E-state index is 12.7. The molecule has 1 aliphatic heterocycles. The highest BCUT2D eigenvalue weighted by molar-refractivity contribution is 5.96. The maximum atomic E-state index is 12.7. The molecule has 3 aromatic carbocycles. The fourth-order valence-corrected chi connectivity index (χ4v) is 5.64. The SMILES string of the molecule is CCCCC(=O)C1=C(C)C=CC(OC2=C3CC3c3cc(-c4ccc(-c5ccc(O)cc5)cc4)c(C)cc3O2)C1. The molecule has 0 aromatic heterocycles. The smallest absolute Gasteiger partial charge is 0.285 e. The van der Waals surface area contributed by atoms with Crippen molar-refractivity contribution in [3.63, 3.8) is 0 Å². The minimum atomic E-state index is -0.188. The first-order valence-corrected chi connectivity index (χ1v) is 13.9. The number of allylic oxidation sites excluding steroid dienone is 3. The fraction of sp³-hybridized carbons (Fsp3) is 0.286. The molecular weight excluding hydrogens is 484 g/mol. The molecule has 1 heterocycles. The molecule has 4 nitrogen and oxygen atoms in total. The van der Waals surface area contributed by atoms with E-state index in [2.05, 4.69) is 50.2 Å². The largest absolute Gasteiger partial charge is 0.508 e. The number of carbonyl (C=O) groups excluding carboxylic acids is 1. The van der Waals surface area contributed by atoms with Crippen LogP contribution < -0.4 is 4.74 Å². The third-order valence-electron chi connectivity index (χ3n) is 8.07. The molecular formula is C35H34O4. The number of ketones is 1. The third kappa shape index (κ3) is 5.04. The number of ether oxygens (including phenoxy) is 2. The lowest BCUT2D eigenvalue weighted by Gasteiger charge is -2.25. The molecule has 1 saturated carbocycles. The molecule has 39 heavy (non-hydrogen) atoms. The van der Waals surface area contributed by atoms with Crippen molar-refractivity contribution < 1.29 is 19.4 Å². The van der Waals surface area contributed by atoms with Crippen LogP contribution in [0.25, 0.3) is 22.3 Å². The van der Waals surface area contributed by atoms with Crippen LogP contribution in [-0.4, -0.2) is 17.0 Å². The summed E-state index contributed by atoms with van der Waals surface area (Å²) >= 11 is 0. The van der Waals surface area contributed by atoms with E-state index in [0.29, 0.717) is 24.7 Å². The Kier molecular flexibility index (Phi) is 6.64. The van der Waals surface area contributed by atoms with E-state index >= 15 is 0 Å². The van der Waals surface area contributed by atoms with Crippen LogP contribution >= 0.6 is 0 Å². The Labute approximate surface area is 230 Å². The molecule has 1 N–H and O–H groups in total. The van der Waals surface area contributed by atoms with Crippen molar-refractivity contribution in [3.05, 3.63) is 107 Å². The standard InChI is InChI=1S/C35H34O4/c1-4-5-6-33(37)29-18-27(16-7-21(29)2)38-35-32-20-30(32)31-19-28(22(3)17-34(31)39-35)25-10-8-23(9-11-25)24-12-14-26(36)15-13-24/h7-17,19,27,30,36H,4-6,18,20H2,1-3H3. The number of aryl methyl sites for hydroxylation is 1. The van der Waals surface area contributed by atoms with E-state index in [4.69, 9.17) is 9.47 Å². The van der Waals surface area contributed by atoms with Gasteiger partial charge in [0.2, 0.25) is 0 Å². The van der Waals surface area contributed by atoms with Crippen molar-refractivity contribution in [2.75, 3.05) is 0 Å². The number of hydrogen-bond acceptors (Lipinski definition) is 4. The van der Waals surface area contributed by atoms with Gasteiger partial charge in [0.05, 0.1) is 0 Å². The maximum Gasteiger partial charge on any atom is 0.285 e. The average Bonchev–Trinajstić information content (AvgIpc) is 3.75. The molecule has 198 valence electrons. The van der Waals surface area contributed by atoms with Gasteiger partial charge >= 0.3 is 0 Å². The first-order valence-electron chi connectivity index (χ1n) is 13.9. The predicted octanol–water partition coefficient (Wildman–Crippen LogP) is 8.55. The normalized spacial score (nSPS) is 19.4. The highest BCUT2D eigenvalue weighted by Gasteiger charge is 2.43. The second-order valence-corrected chi connectivity index (χ2v) is 10.9. The minimum absolute atomic E-state index is 0.188. The quantitative estimate of drug-likeness (QED) is 0.325. The van der Waals surface area contributed by atoms with Crippen LogP contribution in [-0.2, 0) is 9.53 Å². The summed E-state index contributed by atoms with van der Waals surface area (Å²) in [4.78, 5) is 12.7. The van der Waals surface area contributed by atoms with Gasteiger partial charge in [0, 0.05) is 35.5 Å². The zero-order valence-corrected chi connectivity index (χ0v) is 22.8. The Hall–Kier alpha value is -4.05. The number of rotatable bonds is 8. The molecule has 3 aliphatic rings. The van der Waals surface area contributed by atoms with Crippen LogP contribution in [0.2, 0.25) is 0 Å². The van der Waals surface area contributed by atoms with E-state index in [0.717, 1.165) is 52.8 Å². The van der Waals surface area contributed by atoms with Gasteiger partial charge in [-0.3, -0.25) is 4.79 Å². The summed E-state index contributed by atoms with van der Waals surface area (Å²) in [6.45, 7) is 6.24. The van der Waals surface area contributed by atoms with E-state index in [1.807, 2.05) is 31.2 Å². The molecule has 3 aromatic rings. The molecule has 0 spiro atoms. The van der Waals surface area contributed by atoms with Crippen LogP contribution in [0.5, 0.6) is 11.5 Å². The number of phenolic OH excluding ortho intramolecular Hbond substituents is 1. The Morgan fingerprint density at radius 1 is 0.974 bits per heavy atom. The number of carbonyl (C=O) groups is 1. The van der Waals surface area contributed by atoms with Crippen molar-refractivity contribution in [3.8, 4) is 33.8 Å². The fourth-order valence-electron chi connectivity index (χ4n) is 5.64. The Morgan fingerprint density at radius 3 is 2.38 bits per heavy atom. The molecule has 6 rings (SSSR count). The second kappa shape index (κ2) is 10.3. The van der Waals surface area contributed by atoms with E-state index < -0.39 is 0 Å². The average molecular weight is 519 g/mol. The van der Waals surface area contributed by atoms with Gasteiger partial charge in [0.15, 0.2) is 5.78 Å². The zero-order valence-electron chi connectivity index (χ0n) is 22.8.